The predicted molar refractivity (Wildman–Crippen MR) is 137 cm³/mol. The SMILES string of the molecule is C=CC[C@@H](NC(=O)N1C(=O)C(CC)(CC)[C@@H]1Oc1ccc(C(=O)CCC#N)cc1)c1ccc(C)cc1. The van der Waals surface area contributed by atoms with Gasteiger partial charge in [-0.05, 0) is 56.0 Å². The summed E-state index contributed by atoms with van der Waals surface area (Å²) in [5.41, 5.74) is 1.71. The molecule has 0 aromatic heterocycles. The number of hydrogen-bond donors (Lipinski definition) is 1. The summed E-state index contributed by atoms with van der Waals surface area (Å²) in [6.45, 7) is 9.63. The van der Waals surface area contributed by atoms with Crippen molar-refractivity contribution in [1.82, 2.24) is 10.2 Å². The highest BCUT2D eigenvalue weighted by atomic mass is 16.5. The molecular formula is C29H33N3O4. The zero-order valence-electron chi connectivity index (χ0n) is 21.1. The predicted octanol–water partition coefficient (Wildman–Crippen LogP) is 5.86. The van der Waals surface area contributed by atoms with E-state index in [2.05, 4.69) is 11.9 Å². The lowest BCUT2D eigenvalue weighted by Gasteiger charge is -2.53. The fourth-order valence-electron chi connectivity index (χ4n) is 4.52. The monoisotopic (exact) mass is 487 g/mol. The first-order chi connectivity index (χ1) is 17.3. The first-order valence-electron chi connectivity index (χ1n) is 12.3. The van der Waals surface area contributed by atoms with Gasteiger partial charge in [0.2, 0.25) is 5.91 Å². The Morgan fingerprint density at radius 2 is 1.81 bits per heavy atom. The fourth-order valence-corrected chi connectivity index (χ4v) is 4.52. The molecule has 188 valence electrons. The molecule has 1 fully saturated rings. The van der Waals surface area contributed by atoms with E-state index >= 15 is 0 Å². The second kappa shape index (κ2) is 11.7. The third kappa shape index (κ3) is 5.33. The van der Waals surface area contributed by atoms with Gasteiger partial charge in [0.1, 0.15) is 11.2 Å². The van der Waals surface area contributed by atoms with Gasteiger partial charge >= 0.3 is 6.03 Å². The van der Waals surface area contributed by atoms with Gasteiger partial charge in [0.25, 0.3) is 0 Å². The summed E-state index contributed by atoms with van der Waals surface area (Å²) in [5, 5.41) is 11.7. The van der Waals surface area contributed by atoms with Crippen LogP contribution in [-0.2, 0) is 4.79 Å². The number of carbonyl (C=O) groups excluding carboxylic acids is 3. The first-order valence-corrected chi connectivity index (χ1v) is 12.3. The van der Waals surface area contributed by atoms with Crippen LogP contribution in [0.15, 0.2) is 61.2 Å². The number of ether oxygens (including phenoxy) is 1. The van der Waals surface area contributed by atoms with E-state index in [-0.39, 0.29) is 30.6 Å². The normalized spacial score (nSPS) is 16.9. The Morgan fingerprint density at radius 1 is 1.17 bits per heavy atom. The van der Waals surface area contributed by atoms with Crippen LogP contribution in [0.4, 0.5) is 4.79 Å². The van der Waals surface area contributed by atoms with E-state index in [0.717, 1.165) is 16.0 Å². The van der Waals surface area contributed by atoms with Crippen molar-refractivity contribution in [3.05, 3.63) is 77.9 Å². The molecule has 2 aromatic carbocycles. The highest BCUT2D eigenvalue weighted by molar-refractivity contribution is 6.03. The third-order valence-corrected chi connectivity index (χ3v) is 6.90. The van der Waals surface area contributed by atoms with E-state index in [1.54, 1.807) is 30.3 Å². The molecule has 1 aliphatic rings. The number of benzene rings is 2. The molecule has 0 aliphatic carbocycles. The molecule has 7 heteroatoms. The van der Waals surface area contributed by atoms with Gasteiger partial charge in [-0.1, -0.05) is 49.8 Å². The third-order valence-electron chi connectivity index (χ3n) is 6.90. The lowest BCUT2D eigenvalue weighted by Crippen LogP contribution is -2.73. The van der Waals surface area contributed by atoms with Gasteiger partial charge in [-0.2, -0.15) is 5.26 Å². The minimum absolute atomic E-state index is 0.122. The molecule has 3 rings (SSSR count). The van der Waals surface area contributed by atoms with Gasteiger partial charge in [-0.15, -0.1) is 6.58 Å². The maximum Gasteiger partial charge on any atom is 0.327 e. The summed E-state index contributed by atoms with van der Waals surface area (Å²) in [7, 11) is 0. The Kier molecular flexibility index (Phi) is 8.65. The molecule has 2 atom stereocenters. The number of ketones is 1. The van der Waals surface area contributed by atoms with Crippen LogP contribution in [0.2, 0.25) is 0 Å². The number of aryl methyl sites for hydroxylation is 1. The molecule has 1 aliphatic heterocycles. The highest BCUT2D eigenvalue weighted by Crippen LogP contribution is 2.46. The first kappa shape index (κ1) is 26.7. The van der Waals surface area contributed by atoms with Crippen LogP contribution in [0.5, 0.6) is 5.75 Å². The molecule has 1 heterocycles. The number of nitrogens with one attached hydrogen (secondary N) is 1. The number of hydrogen-bond acceptors (Lipinski definition) is 5. The molecule has 0 spiro atoms. The highest BCUT2D eigenvalue weighted by Gasteiger charge is 2.63. The summed E-state index contributed by atoms with van der Waals surface area (Å²) in [5.74, 6) is 0.0675. The second-order valence-electron chi connectivity index (χ2n) is 9.05. The van der Waals surface area contributed by atoms with Crippen molar-refractivity contribution in [2.75, 3.05) is 0 Å². The minimum atomic E-state index is -0.809. The van der Waals surface area contributed by atoms with Gasteiger partial charge in [0, 0.05) is 18.4 Å². The Bertz CT molecular complexity index is 1140. The Morgan fingerprint density at radius 3 is 2.36 bits per heavy atom. The summed E-state index contributed by atoms with van der Waals surface area (Å²) < 4.78 is 6.19. The molecule has 7 nitrogen and oxygen atoms in total. The molecule has 0 saturated carbocycles. The van der Waals surface area contributed by atoms with E-state index in [9.17, 15) is 14.4 Å². The van der Waals surface area contributed by atoms with Crippen molar-refractivity contribution in [3.8, 4) is 11.8 Å². The van der Waals surface area contributed by atoms with E-state index in [1.807, 2.05) is 51.1 Å². The molecule has 36 heavy (non-hydrogen) atoms. The number of imide groups is 1. The molecule has 1 N–H and O–H groups in total. The van der Waals surface area contributed by atoms with Crippen LogP contribution in [0, 0.1) is 23.7 Å². The maximum absolute atomic E-state index is 13.3. The smallest absolute Gasteiger partial charge is 0.327 e. The quantitative estimate of drug-likeness (QED) is 0.243. The summed E-state index contributed by atoms with van der Waals surface area (Å²) in [4.78, 5) is 39.9. The van der Waals surface area contributed by atoms with Crippen molar-refractivity contribution < 1.29 is 19.1 Å². The molecular weight excluding hydrogens is 454 g/mol. The van der Waals surface area contributed by atoms with E-state index in [4.69, 9.17) is 10.00 Å². The van der Waals surface area contributed by atoms with Crippen molar-refractivity contribution in [2.24, 2.45) is 5.41 Å². The topological polar surface area (TPSA) is 99.5 Å². The molecule has 0 radical (unpaired) electrons. The summed E-state index contributed by atoms with van der Waals surface area (Å²) in [6, 6.07) is 15.6. The van der Waals surface area contributed by atoms with Crippen LogP contribution in [0.25, 0.3) is 0 Å². The van der Waals surface area contributed by atoms with E-state index < -0.39 is 17.7 Å². The number of carbonyl (C=O) groups is 3. The lowest BCUT2D eigenvalue weighted by atomic mass is 9.72. The Balaban J connectivity index is 1.80. The largest absolute Gasteiger partial charge is 0.469 e. The Hall–Kier alpha value is -3.92. The average molecular weight is 488 g/mol. The van der Waals surface area contributed by atoms with E-state index in [0.29, 0.717) is 30.6 Å². The standard InChI is InChI=1S/C29H33N3O4/c1-5-9-24(21-13-11-20(4)12-14-21)31-28(35)32-26(34)29(6-2,7-3)27(32)36-23-17-15-22(16-18-23)25(33)10-8-19-30/h5,11-18,24,27H,1,6-10H2,2-4H3,(H,31,35)/t24-,27+/m1/s1. The Labute approximate surface area is 212 Å². The maximum atomic E-state index is 13.3. The van der Waals surface area contributed by atoms with Crippen LogP contribution in [-0.4, -0.2) is 28.8 Å². The van der Waals surface area contributed by atoms with Gasteiger partial charge in [0.15, 0.2) is 12.0 Å². The zero-order chi connectivity index (χ0) is 26.3. The van der Waals surface area contributed by atoms with Gasteiger partial charge in [0.05, 0.1) is 12.1 Å². The number of Topliss-reactive ketones (excluding diaryl/α,β-unsaturated/α-hetero) is 1. The van der Waals surface area contributed by atoms with Crippen molar-refractivity contribution in [3.63, 3.8) is 0 Å². The number of β-lactam (4-membered cyclic amide) rings is 1. The molecule has 2 aromatic rings. The zero-order valence-corrected chi connectivity index (χ0v) is 21.1. The van der Waals surface area contributed by atoms with Crippen LogP contribution in [0.3, 0.4) is 0 Å². The number of amides is 3. The number of likely N-dealkylation sites (tertiary alicyclic amines) is 1. The van der Waals surface area contributed by atoms with Crippen LogP contribution >= 0.6 is 0 Å². The van der Waals surface area contributed by atoms with Crippen molar-refractivity contribution in [1.29, 1.82) is 5.26 Å². The van der Waals surface area contributed by atoms with Crippen LogP contribution < -0.4 is 10.1 Å². The summed E-state index contributed by atoms with van der Waals surface area (Å²) >= 11 is 0. The molecule has 0 unspecified atom stereocenters. The van der Waals surface area contributed by atoms with Gasteiger partial charge in [-0.3, -0.25) is 9.59 Å². The number of rotatable bonds is 11. The van der Waals surface area contributed by atoms with Crippen molar-refractivity contribution >= 4 is 17.7 Å². The molecule has 1 saturated heterocycles. The van der Waals surface area contributed by atoms with Crippen molar-refractivity contribution in [2.45, 2.75) is 65.1 Å². The molecule has 3 amide bonds. The minimum Gasteiger partial charge on any atom is -0.469 e. The molecule has 0 bridgehead atoms. The van der Waals surface area contributed by atoms with Gasteiger partial charge < -0.3 is 10.1 Å². The second-order valence-corrected chi connectivity index (χ2v) is 9.05. The van der Waals surface area contributed by atoms with Crippen LogP contribution in [0.1, 0.15) is 73.5 Å². The van der Waals surface area contributed by atoms with E-state index in [1.165, 1.54) is 0 Å². The number of urea groups is 1. The fraction of sp³-hybridized carbons (Fsp3) is 0.379. The average Bonchev–Trinajstić information content (AvgIpc) is 2.88. The van der Waals surface area contributed by atoms with Gasteiger partial charge in [-0.25, -0.2) is 9.69 Å². The number of nitriles is 1. The number of nitrogens with zero attached hydrogens (tertiary/aromatic N) is 2. The lowest BCUT2D eigenvalue weighted by molar-refractivity contribution is -0.190. The summed E-state index contributed by atoms with van der Waals surface area (Å²) in [6.07, 6.45) is 2.84.